The molecule has 33 heavy (non-hydrogen) atoms. The van der Waals surface area contributed by atoms with Gasteiger partial charge in [0.15, 0.2) is 5.78 Å². The van der Waals surface area contributed by atoms with Crippen LogP contribution in [-0.4, -0.2) is 44.3 Å². The lowest BCUT2D eigenvalue weighted by Gasteiger charge is -2.10. The molecule has 1 aromatic heterocycles. The first-order valence-electron chi connectivity index (χ1n) is 10.3. The van der Waals surface area contributed by atoms with Crippen molar-refractivity contribution in [2.75, 3.05) is 17.7 Å². The van der Waals surface area contributed by atoms with E-state index in [-0.39, 0.29) is 17.4 Å². The molecule has 4 aromatic rings. The van der Waals surface area contributed by atoms with E-state index in [1.807, 2.05) is 37.3 Å². The molecule has 0 fully saturated rings. The van der Waals surface area contributed by atoms with Gasteiger partial charge in [0.2, 0.25) is 5.16 Å². The van der Waals surface area contributed by atoms with Gasteiger partial charge in [0.05, 0.1) is 12.4 Å². The molecular weight excluding hydrogens is 438 g/mol. The number of rotatable bonds is 9. The summed E-state index contributed by atoms with van der Waals surface area (Å²) in [7, 11) is 0. The second-order valence-electron chi connectivity index (χ2n) is 6.88. The zero-order valence-electron chi connectivity index (χ0n) is 17.8. The fraction of sp³-hybridized carbons (Fsp3) is 0.125. The molecule has 0 atom stereocenters. The number of thioether (sulfide) groups is 1. The highest BCUT2D eigenvalue weighted by molar-refractivity contribution is 7.99. The van der Waals surface area contributed by atoms with Crippen molar-refractivity contribution >= 4 is 29.1 Å². The number of tetrazole rings is 1. The van der Waals surface area contributed by atoms with Gasteiger partial charge in [0.25, 0.3) is 5.91 Å². The number of nitrogens with one attached hydrogen (secondary N) is 1. The molecule has 166 valence electrons. The molecule has 0 bridgehead atoms. The van der Waals surface area contributed by atoms with Crippen molar-refractivity contribution in [1.82, 2.24) is 20.2 Å². The molecule has 0 unspecified atom stereocenters. The quantitative estimate of drug-likeness (QED) is 0.294. The molecule has 0 aliphatic rings. The van der Waals surface area contributed by atoms with E-state index in [0.29, 0.717) is 40.0 Å². The maximum atomic E-state index is 12.7. The summed E-state index contributed by atoms with van der Waals surface area (Å²) in [6.45, 7) is 2.42. The third kappa shape index (κ3) is 5.45. The summed E-state index contributed by atoms with van der Waals surface area (Å²) in [4.78, 5) is 25.0. The number of aromatic nitrogens is 4. The van der Waals surface area contributed by atoms with Crippen molar-refractivity contribution < 1.29 is 14.3 Å². The number of para-hydroxylation sites is 2. The van der Waals surface area contributed by atoms with E-state index < -0.39 is 0 Å². The second kappa shape index (κ2) is 10.6. The van der Waals surface area contributed by atoms with Gasteiger partial charge in [-0.15, -0.1) is 5.10 Å². The van der Waals surface area contributed by atoms with Gasteiger partial charge in [-0.2, -0.15) is 4.68 Å². The highest BCUT2D eigenvalue weighted by Crippen LogP contribution is 2.26. The van der Waals surface area contributed by atoms with Crippen molar-refractivity contribution in [3.05, 3.63) is 90.0 Å². The standard InChI is InChI=1S/C24H21N5O3S/c1-2-32-22-11-7-6-10-20(22)29-24(26-27-28-29)33-16-21(30)17-12-14-19(15-13-17)25-23(31)18-8-4-3-5-9-18/h3-15H,2,16H2,1H3,(H,25,31). The first-order chi connectivity index (χ1) is 16.2. The average Bonchev–Trinajstić information content (AvgIpc) is 3.32. The normalized spacial score (nSPS) is 10.6. The Hall–Kier alpha value is -3.98. The van der Waals surface area contributed by atoms with Crippen LogP contribution in [0.15, 0.2) is 84.0 Å². The van der Waals surface area contributed by atoms with Crippen LogP contribution < -0.4 is 10.1 Å². The lowest BCUT2D eigenvalue weighted by atomic mass is 10.1. The van der Waals surface area contributed by atoms with Crippen LogP contribution in [0.25, 0.3) is 5.69 Å². The highest BCUT2D eigenvalue weighted by atomic mass is 32.2. The van der Waals surface area contributed by atoms with Gasteiger partial charge in [-0.3, -0.25) is 9.59 Å². The molecule has 4 rings (SSSR count). The third-order valence-corrected chi connectivity index (χ3v) is 5.59. The van der Waals surface area contributed by atoms with Crippen molar-refractivity contribution in [2.45, 2.75) is 12.1 Å². The van der Waals surface area contributed by atoms with Crippen molar-refractivity contribution in [2.24, 2.45) is 0 Å². The first kappa shape index (κ1) is 22.2. The Bertz CT molecular complexity index is 1240. The Morgan fingerprint density at radius 1 is 0.939 bits per heavy atom. The minimum absolute atomic E-state index is 0.0754. The summed E-state index contributed by atoms with van der Waals surface area (Å²) in [6, 6.07) is 23.2. The summed E-state index contributed by atoms with van der Waals surface area (Å²) >= 11 is 1.24. The van der Waals surface area contributed by atoms with Gasteiger partial charge in [-0.05, 0) is 65.9 Å². The van der Waals surface area contributed by atoms with E-state index in [4.69, 9.17) is 4.74 Å². The van der Waals surface area contributed by atoms with Crippen LogP contribution in [-0.2, 0) is 0 Å². The minimum Gasteiger partial charge on any atom is -0.492 e. The lowest BCUT2D eigenvalue weighted by molar-refractivity contribution is 0.101. The van der Waals surface area contributed by atoms with Crippen LogP contribution in [0.2, 0.25) is 0 Å². The molecular formula is C24H21N5O3S. The van der Waals surface area contributed by atoms with Gasteiger partial charge in [-0.25, -0.2) is 0 Å². The topological polar surface area (TPSA) is 99.0 Å². The number of Topliss-reactive ketones (excluding diaryl/α,β-unsaturated/α-hetero) is 1. The van der Waals surface area contributed by atoms with Crippen molar-refractivity contribution in [3.63, 3.8) is 0 Å². The van der Waals surface area contributed by atoms with Crippen molar-refractivity contribution in [1.29, 1.82) is 0 Å². The Morgan fingerprint density at radius 3 is 2.42 bits per heavy atom. The van der Waals surface area contributed by atoms with Gasteiger partial charge < -0.3 is 10.1 Å². The summed E-state index contributed by atoms with van der Waals surface area (Å²) < 4.78 is 7.22. The molecule has 1 heterocycles. The average molecular weight is 460 g/mol. The number of ether oxygens (including phenoxy) is 1. The second-order valence-corrected chi connectivity index (χ2v) is 7.83. The van der Waals surface area contributed by atoms with Gasteiger partial charge in [0, 0.05) is 16.8 Å². The highest BCUT2D eigenvalue weighted by Gasteiger charge is 2.16. The van der Waals surface area contributed by atoms with Crippen LogP contribution in [0.4, 0.5) is 5.69 Å². The van der Waals surface area contributed by atoms with E-state index >= 15 is 0 Å². The smallest absolute Gasteiger partial charge is 0.255 e. The molecule has 8 nitrogen and oxygen atoms in total. The van der Waals surface area contributed by atoms with E-state index in [9.17, 15) is 9.59 Å². The lowest BCUT2D eigenvalue weighted by Crippen LogP contribution is -2.12. The monoisotopic (exact) mass is 459 g/mol. The number of amides is 1. The van der Waals surface area contributed by atoms with Crippen LogP contribution in [0.3, 0.4) is 0 Å². The Kier molecular flexibility index (Phi) is 7.11. The maximum absolute atomic E-state index is 12.7. The summed E-state index contributed by atoms with van der Waals surface area (Å²) in [5.41, 5.74) is 2.42. The first-order valence-corrected chi connectivity index (χ1v) is 11.3. The molecule has 0 radical (unpaired) electrons. The number of carbonyl (C=O) groups excluding carboxylic acids is 2. The van der Waals surface area contributed by atoms with Gasteiger partial charge in [0.1, 0.15) is 11.4 Å². The van der Waals surface area contributed by atoms with Crippen LogP contribution in [0, 0.1) is 0 Å². The fourth-order valence-electron chi connectivity index (χ4n) is 3.08. The molecule has 3 aromatic carbocycles. The number of nitrogens with zero attached hydrogens (tertiary/aromatic N) is 4. The molecule has 0 aliphatic heterocycles. The van der Waals surface area contributed by atoms with E-state index in [2.05, 4.69) is 20.8 Å². The SMILES string of the molecule is CCOc1ccccc1-n1nnnc1SCC(=O)c1ccc(NC(=O)c2ccccc2)cc1. The van der Waals surface area contributed by atoms with Crippen LogP contribution in [0.5, 0.6) is 5.75 Å². The largest absolute Gasteiger partial charge is 0.492 e. The minimum atomic E-state index is -0.204. The molecule has 0 saturated heterocycles. The number of carbonyl (C=O) groups is 2. The van der Waals surface area contributed by atoms with E-state index in [0.717, 1.165) is 0 Å². The number of hydrogen-bond donors (Lipinski definition) is 1. The molecule has 1 N–H and O–H groups in total. The Morgan fingerprint density at radius 2 is 1.67 bits per heavy atom. The number of benzene rings is 3. The predicted molar refractivity (Wildman–Crippen MR) is 126 cm³/mol. The third-order valence-electron chi connectivity index (χ3n) is 4.67. The summed E-state index contributed by atoms with van der Waals surface area (Å²) in [6.07, 6.45) is 0. The molecule has 0 aliphatic carbocycles. The number of ketones is 1. The maximum Gasteiger partial charge on any atom is 0.255 e. The summed E-state index contributed by atoms with van der Waals surface area (Å²) in [5, 5.41) is 15.2. The molecule has 1 amide bonds. The zero-order valence-corrected chi connectivity index (χ0v) is 18.7. The Balaban J connectivity index is 1.39. The zero-order chi connectivity index (χ0) is 23.0. The molecule has 0 saturated carbocycles. The molecule has 0 spiro atoms. The fourth-order valence-corrected chi connectivity index (χ4v) is 3.85. The van der Waals surface area contributed by atoms with E-state index in [1.165, 1.54) is 11.8 Å². The predicted octanol–water partition coefficient (Wildman–Crippen LogP) is 4.29. The van der Waals surface area contributed by atoms with Crippen LogP contribution >= 0.6 is 11.8 Å². The number of anilines is 1. The Labute approximate surface area is 195 Å². The van der Waals surface area contributed by atoms with E-state index in [1.54, 1.807) is 53.2 Å². The van der Waals surface area contributed by atoms with Gasteiger partial charge in [-0.1, -0.05) is 42.1 Å². The number of hydrogen-bond acceptors (Lipinski definition) is 7. The van der Waals surface area contributed by atoms with Gasteiger partial charge >= 0.3 is 0 Å². The van der Waals surface area contributed by atoms with Crippen molar-refractivity contribution in [3.8, 4) is 11.4 Å². The molecule has 9 heteroatoms. The summed E-state index contributed by atoms with van der Waals surface area (Å²) in [5.74, 6) is 0.541. The van der Waals surface area contributed by atoms with Crippen LogP contribution in [0.1, 0.15) is 27.6 Å².